The zero-order valence-electron chi connectivity index (χ0n) is 19.2. The molecule has 2 amide bonds. The first kappa shape index (κ1) is 22.0. The maximum atomic E-state index is 13.5. The van der Waals surface area contributed by atoms with Crippen molar-refractivity contribution in [3.05, 3.63) is 102 Å². The topological polar surface area (TPSA) is 59.1 Å². The van der Waals surface area contributed by atoms with Gasteiger partial charge in [0.2, 0.25) is 5.91 Å². The van der Waals surface area contributed by atoms with Crippen molar-refractivity contribution in [1.29, 1.82) is 0 Å². The van der Waals surface area contributed by atoms with Crippen LogP contribution in [0.5, 0.6) is 5.75 Å². The fourth-order valence-corrected chi connectivity index (χ4v) is 4.99. The van der Waals surface area contributed by atoms with Crippen molar-refractivity contribution in [2.75, 3.05) is 13.7 Å². The molecule has 0 N–H and O–H groups in total. The molecule has 3 atom stereocenters. The fourth-order valence-electron chi connectivity index (χ4n) is 4.99. The van der Waals surface area contributed by atoms with Gasteiger partial charge in [-0.1, -0.05) is 72.8 Å². The quantitative estimate of drug-likeness (QED) is 0.465. The number of carbonyl (C=O) groups is 2. The van der Waals surface area contributed by atoms with E-state index in [1.54, 1.807) is 12.0 Å². The van der Waals surface area contributed by atoms with E-state index in [1.807, 2.05) is 83.8 Å². The van der Waals surface area contributed by atoms with Gasteiger partial charge in [0.1, 0.15) is 18.4 Å². The number of methoxy groups -OCH3 is 1. The van der Waals surface area contributed by atoms with Crippen molar-refractivity contribution in [1.82, 2.24) is 9.80 Å². The van der Waals surface area contributed by atoms with Crippen molar-refractivity contribution in [2.24, 2.45) is 0 Å². The molecule has 2 saturated heterocycles. The van der Waals surface area contributed by atoms with Crippen LogP contribution in [0, 0.1) is 0 Å². The SMILES string of the molecule is COc1cccc(CCC2C(N3C(=O)OC[C@@H]3c3ccccc3)C(=O)N2Cc2ccccc2)c1. The smallest absolute Gasteiger partial charge is 0.411 e. The number of likely N-dealkylation sites (tertiary alicyclic amines) is 1. The molecule has 0 bridgehead atoms. The van der Waals surface area contributed by atoms with Crippen LogP contribution in [0.4, 0.5) is 4.79 Å². The van der Waals surface area contributed by atoms with Gasteiger partial charge in [-0.2, -0.15) is 0 Å². The second kappa shape index (κ2) is 9.59. The van der Waals surface area contributed by atoms with E-state index in [-0.39, 0.29) is 24.6 Å². The Kier molecular flexibility index (Phi) is 6.21. The van der Waals surface area contributed by atoms with Crippen LogP contribution < -0.4 is 4.74 Å². The van der Waals surface area contributed by atoms with Crippen LogP contribution in [0.25, 0.3) is 0 Å². The van der Waals surface area contributed by atoms with Gasteiger partial charge in [0.15, 0.2) is 0 Å². The monoisotopic (exact) mass is 456 g/mol. The number of benzene rings is 3. The molecule has 5 rings (SSSR count). The first-order chi connectivity index (χ1) is 16.7. The van der Waals surface area contributed by atoms with Crippen LogP contribution in [0.15, 0.2) is 84.9 Å². The number of rotatable bonds is 8. The summed E-state index contributed by atoms with van der Waals surface area (Å²) in [6.07, 6.45) is 1.09. The zero-order chi connectivity index (χ0) is 23.5. The number of aryl methyl sites for hydroxylation is 1. The molecule has 6 heteroatoms. The first-order valence-electron chi connectivity index (χ1n) is 11.6. The highest BCUT2D eigenvalue weighted by atomic mass is 16.6. The molecule has 2 aliphatic rings. The highest BCUT2D eigenvalue weighted by Gasteiger charge is 2.55. The molecule has 2 aliphatic heterocycles. The van der Waals surface area contributed by atoms with E-state index < -0.39 is 12.1 Å². The Labute approximate surface area is 199 Å². The molecule has 2 unspecified atom stereocenters. The Morgan fingerprint density at radius 2 is 1.62 bits per heavy atom. The molecule has 2 heterocycles. The van der Waals surface area contributed by atoms with Crippen molar-refractivity contribution in [3.63, 3.8) is 0 Å². The molecule has 0 aromatic heterocycles. The summed E-state index contributed by atoms with van der Waals surface area (Å²) in [5, 5.41) is 0. The van der Waals surface area contributed by atoms with Crippen LogP contribution in [-0.4, -0.2) is 47.6 Å². The molecule has 6 nitrogen and oxygen atoms in total. The Balaban J connectivity index is 1.41. The lowest BCUT2D eigenvalue weighted by molar-refractivity contribution is -0.159. The van der Waals surface area contributed by atoms with Crippen molar-refractivity contribution >= 4 is 12.0 Å². The van der Waals surface area contributed by atoms with Crippen LogP contribution in [-0.2, 0) is 22.5 Å². The van der Waals surface area contributed by atoms with E-state index in [1.165, 1.54) is 0 Å². The highest BCUT2D eigenvalue weighted by Crippen LogP contribution is 2.38. The summed E-state index contributed by atoms with van der Waals surface area (Å²) < 4.78 is 10.8. The summed E-state index contributed by atoms with van der Waals surface area (Å²) in [5.74, 6) is 0.784. The van der Waals surface area contributed by atoms with Crippen LogP contribution in [0.3, 0.4) is 0 Å². The maximum Gasteiger partial charge on any atom is 0.411 e. The second-order valence-electron chi connectivity index (χ2n) is 8.76. The number of ether oxygens (including phenoxy) is 2. The molecule has 3 aromatic rings. The van der Waals surface area contributed by atoms with Crippen LogP contribution >= 0.6 is 0 Å². The number of hydrogen-bond donors (Lipinski definition) is 0. The minimum Gasteiger partial charge on any atom is -0.497 e. The third-order valence-corrected chi connectivity index (χ3v) is 6.75. The maximum absolute atomic E-state index is 13.5. The molecule has 34 heavy (non-hydrogen) atoms. The number of nitrogens with zero attached hydrogens (tertiary/aromatic N) is 2. The van der Waals surface area contributed by atoms with E-state index in [9.17, 15) is 9.59 Å². The molecule has 0 radical (unpaired) electrons. The van der Waals surface area contributed by atoms with E-state index in [2.05, 4.69) is 6.07 Å². The molecule has 0 spiro atoms. The third kappa shape index (κ3) is 4.23. The Bertz CT molecular complexity index is 1150. The summed E-state index contributed by atoms with van der Waals surface area (Å²) >= 11 is 0. The van der Waals surface area contributed by atoms with E-state index in [0.717, 1.165) is 35.3 Å². The molecular weight excluding hydrogens is 428 g/mol. The lowest BCUT2D eigenvalue weighted by atomic mass is 9.86. The number of β-lactam (4-membered cyclic amide) rings is 1. The second-order valence-corrected chi connectivity index (χ2v) is 8.76. The van der Waals surface area contributed by atoms with Crippen LogP contribution in [0.1, 0.15) is 29.2 Å². The molecule has 0 saturated carbocycles. The molecule has 0 aliphatic carbocycles. The zero-order valence-corrected chi connectivity index (χ0v) is 19.2. The first-order valence-corrected chi connectivity index (χ1v) is 11.6. The molecule has 174 valence electrons. The largest absolute Gasteiger partial charge is 0.497 e. The Morgan fingerprint density at radius 1 is 0.912 bits per heavy atom. The summed E-state index contributed by atoms with van der Waals surface area (Å²) in [7, 11) is 1.66. The van der Waals surface area contributed by atoms with Gasteiger partial charge in [0.25, 0.3) is 0 Å². The standard InChI is InChI=1S/C28H28N2O4/c1-33-23-14-8-11-20(17-23)15-16-24-26(27(31)29(24)18-21-9-4-2-5-10-21)30-25(19-34-28(30)32)22-12-6-3-7-13-22/h2-14,17,24-26H,15-16,18-19H2,1H3/t24?,25-,26?/m1/s1. The Morgan fingerprint density at radius 3 is 2.35 bits per heavy atom. The van der Waals surface area contributed by atoms with Gasteiger partial charge in [-0.3, -0.25) is 9.69 Å². The number of cyclic esters (lactones) is 1. The van der Waals surface area contributed by atoms with E-state index in [0.29, 0.717) is 6.54 Å². The highest BCUT2D eigenvalue weighted by molar-refractivity contribution is 5.93. The fraction of sp³-hybridized carbons (Fsp3) is 0.286. The molecule has 2 fully saturated rings. The Hall–Kier alpha value is -3.80. The predicted molar refractivity (Wildman–Crippen MR) is 128 cm³/mol. The van der Waals surface area contributed by atoms with Gasteiger partial charge in [0.05, 0.1) is 19.2 Å². The summed E-state index contributed by atoms with van der Waals surface area (Å²) in [6.45, 7) is 0.783. The number of carbonyl (C=O) groups excluding carboxylic acids is 2. The summed E-state index contributed by atoms with van der Waals surface area (Å²) in [6, 6.07) is 26.9. The van der Waals surface area contributed by atoms with Gasteiger partial charge < -0.3 is 14.4 Å². The van der Waals surface area contributed by atoms with E-state index in [4.69, 9.17) is 9.47 Å². The van der Waals surface area contributed by atoms with Gasteiger partial charge in [-0.15, -0.1) is 0 Å². The normalized spacial score (nSPS) is 21.9. The number of hydrogen-bond acceptors (Lipinski definition) is 4. The average molecular weight is 457 g/mol. The van der Waals surface area contributed by atoms with Crippen LogP contribution in [0.2, 0.25) is 0 Å². The summed E-state index contributed by atoms with van der Waals surface area (Å²) in [5.41, 5.74) is 3.19. The minimum atomic E-state index is -0.533. The third-order valence-electron chi connectivity index (χ3n) is 6.75. The average Bonchev–Trinajstić information content (AvgIpc) is 3.26. The van der Waals surface area contributed by atoms with E-state index >= 15 is 0 Å². The lowest BCUT2D eigenvalue weighted by Crippen LogP contribution is -2.70. The van der Waals surface area contributed by atoms with Crippen molar-refractivity contribution < 1.29 is 19.1 Å². The number of amides is 2. The van der Waals surface area contributed by atoms with Gasteiger partial charge in [-0.05, 0) is 41.7 Å². The van der Waals surface area contributed by atoms with Crippen molar-refractivity contribution in [3.8, 4) is 5.75 Å². The lowest BCUT2D eigenvalue weighted by Gasteiger charge is -2.51. The molecule has 3 aromatic carbocycles. The van der Waals surface area contributed by atoms with Gasteiger partial charge in [0, 0.05) is 6.54 Å². The summed E-state index contributed by atoms with van der Waals surface area (Å²) in [4.78, 5) is 29.8. The molecular formula is C28H28N2O4. The minimum absolute atomic E-state index is 0.0284. The van der Waals surface area contributed by atoms with Crippen molar-refractivity contribution in [2.45, 2.75) is 37.5 Å². The predicted octanol–water partition coefficient (Wildman–Crippen LogP) is 4.60. The van der Waals surface area contributed by atoms with Gasteiger partial charge in [-0.25, -0.2) is 4.79 Å². The van der Waals surface area contributed by atoms with Gasteiger partial charge >= 0.3 is 6.09 Å².